The number of carbonyl (C=O) groups excluding carboxylic acids is 1. The molecule has 1 N–H and O–H groups in total. The zero-order valence-electron chi connectivity index (χ0n) is 12.3. The predicted octanol–water partition coefficient (Wildman–Crippen LogP) is 2.26. The van der Waals surface area contributed by atoms with Gasteiger partial charge in [0.15, 0.2) is 0 Å². The van der Waals surface area contributed by atoms with Crippen LogP contribution in [0.5, 0.6) is 0 Å². The van der Waals surface area contributed by atoms with Gasteiger partial charge < -0.3 is 14.6 Å². The van der Waals surface area contributed by atoms with Gasteiger partial charge in [0.2, 0.25) is 0 Å². The van der Waals surface area contributed by atoms with Gasteiger partial charge in [-0.1, -0.05) is 6.07 Å². The summed E-state index contributed by atoms with van der Waals surface area (Å²) in [7, 11) is 0. The molecule has 2 heterocycles. The van der Waals surface area contributed by atoms with Crippen LogP contribution >= 0.6 is 0 Å². The Kier molecular flexibility index (Phi) is 3.87. The average molecular weight is 307 g/mol. The molecule has 0 radical (unpaired) electrons. The first-order chi connectivity index (χ1) is 10.6. The molecule has 1 aliphatic heterocycles. The Balaban J connectivity index is 1.83. The van der Waals surface area contributed by atoms with Gasteiger partial charge in [-0.15, -0.1) is 0 Å². The molecule has 0 unspecified atom stereocenters. The lowest BCUT2D eigenvalue weighted by Gasteiger charge is -2.31. The number of carbonyl (C=O) groups is 1. The van der Waals surface area contributed by atoms with E-state index in [0.717, 1.165) is 0 Å². The Labute approximate surface area is 126 Å². The molecule has 1 saturated heterocycles. The molecule has 1 aliphatic rings. The van der Waals surface area contributed by atoms with E-state index in [-0.39, 0.29) is 23.3 Å². The summed E-state index contributed by atoms with van der Waals surface area (Å²) in [6.45, 7) is 3.17. The van der Waals surface area contributed by atoms with Crippen molar-refractivity contribution in [1.82, 2.24) is 14.5 Å². The fourth-order valence-electron chi connectivity index (χ4n) is 3.00. The number of H-pyrrole nitrogens is 1. The number of nitrogens with one attached hydrogen (secondary N) is 1. The number of imidazole rings is 1. The number of aromatic nitrogens is 2. The zero-order chi connectivity index (χ0) is 15.7. The second kappa shape index (κ2) is 5.82. The molecule has 118 valence electrons. The van der Waals surface area contributed by atoms with E-state index in [1.54, 1.807) is 28.5 Å². The lowest BCUT2D eigenvalue weighted by atomic mass is 10.0. The van der Waals surface area contributed by atoms with Crippen LogP contribution in [0.3, 0.4) is 0 Å². The minimum atomic E-state index is -0.433. The number of benzene rings is 1. The van der Waals surface area contributed by atoms with E-state index in [1.807, 2.05) is 0 Å². The van der Waals surface area contributed by atoms with E-state index in [9.17, 15) is 14.0 Å². The molecule has 0 atom stereocenters. The van der Waals surface area contributed by atoms with Crippen LogP contribution in [0.1, 0.15) is 25.8 Å². The SMILES string of the molecule is CCOC(=O)N1CCC(n2c(=O)[nH]c3c(F)cccc32)CC1. The highest BCUT2D eigenvalue weighted by Gasteiger charge is 2.26. The molecule has 7 heteroatoms. The normalized spacial score (nSPS) is 16.2. The van der Waals surface area contributed by atoms with Crippen LogP contribution in [-0.2, 0) is 4.74 Å². The third-order valence-electron chi connectivity index (χ3n) is 4.06. The molecule has 0 aliphatic carbocycles. The highest BCUT2D eigenvalue weighted by atomic mass is 19.1. The van der Waals surface area contributed by atoms with Crippen LogP contribution in [0.2, 0.25) is 0 Å². The second-order valence-corrected chi connectivity index (χ2v) is 5.35. The maximum absolute atomic E-state index is 13.7. The van der Waals surface area contributed by atoms with Crippen molar-refractivity contribution in [1.29, 1.82) is 0 Å². The number of piperidine rings is 1. The maximum Gasteiger partial charge on any atom is 0.409 e. The van der Waals surface area contributed by atoms with Gasteiger partial charge >= 0.3 is 11.8 Å². The number of rotatable bonds is 2. The number of ether oxygens (including phenoxy) is 1. The van der Waals surface area contributed by atoms with Gasteiger partial charge in [0.25, 0.3) is 0 Å². The molecule has 0 bridgehead atoms. The van der Waals surface area contributed by atoms with Gasteiger partial charge in [-0.25, -0.2) is 14.0 Å². The average Bonchev–Trinajstić information content (AvgIpc) is 2.85. The first-order valence-electron chi connectivity index (χ1n) is 7.42. The predicted molar refractivity (Wildman–Crippen MR) is 79.4 cm³/mol. The highest BCUT2D eigenvalue weighted by molar-refractivity contribution is 5.76. The zero-order valence-corrected chi connectivity index (χ0v) is 12.3. The topological polar surface area (TPSA) is 67.3 Å². The fourth-order valence-corrected chi connectivity index (χ4v) is 3.00. The van der Waals surface area contributed by atoms with Crippen molar-refractivity contribution >= 4 is 17.1 Å². The van der Waals surface area contributed by atoms with Crippen molar-refractivity contribution in [2.24, 2.45) is 0 Å². The Morgan fingerprint density at radius 3 is 2.82 bits per heavy atom. The summed E-state index contributed by atoms with van der Waals surface area (Å²) >= 11 is 0. The van der Waals surface area contributed by atoms with Gasteiger partial charge in [0.05, 0.1) is 12.1 Å². The van der Waals surface area contributed by atoms with Crippen molar-refractivity contribution in [3.63, 3.8) is 0 Å². The first-order valence-corrected chi connectivity index (χ1v) is 7.42. The fraction of sp³-hybridized carbons (Fsp3) is 0.467. The summed E-state index contributed by atoms with van der Waals surface area (Å²) in [5.41, 5.74) is 0.495. The van der Waals surface area contributed by atoms with Crippen LogP contribution in [0.15, 0.2) is 23.0 Å². The van der Waals surface area contributed by atoms with Crippen LogP contribution in [-0.4, -0.2) is 40.2 Å². The molecule has 6 nitrogen and oxygen atoms in total. The summed E-state index contributed by atoms with van der Waals surface area (Å²) in [5, 5.41) is 0. The van der Waals surface area contributed by atoms with E-state index in [1.165, 1.54) is 6.07 Å². The molecular weight excluding hydrogens is 289 g/mol. The number of fused-ring (bicyclic) bond motifs is 1. The van der Waals surface area contributed by atoms with Gasteiger partial charge in [-0.3, -0.25) is 4.57 Å². The highest BCUT2D eigenvalue weighted by Crippen LogP contribution is 2.25. The number of hydrogen-bond donors (Lipinski definition) is 1. The van der Waals surface area contributed by atoms with E-state index in [4.69, 9.17) is 4.74 Å². The maximum atomic E-state index is 13.7. The standard InChI is InChI=1S/C15H18FN3O3/c1-2-22-15(21)18-8-6-10(7-9-18)19-12-5-3-4-11(16)13(12)17-14(19)20/h3-5,10H,2,6-9H2,1H3,(H,17,20). The minimum absolute atomic E-state index is 0.0475. The van der Waals surface area contributed by atoms with Crippen molar-refractivity contribution in [3.8, 4) is 0 Å². The Hall–Kier alpha value is -2.31. The third kappa shape index (κ3) is 2.47. The summed E-state index contributed by atoms with van der Waals surface area (Å²) < 4.78 is 20.3. The number of nitrogens with zero attached hydrogens (tertiary/aromatic N) is 2. The van der Waals surface area contributed by atoms with Crippen LogP contribution in [0.4, 0.5) is 9.18 Å². The largest absolute Gasteiger partial charge is 0.450 e. The van der Waals surface area contributed by atoms with E-state index >= 15 is 0 Å². The number of amides is 1. The number of likely N-dealkylation sites (tertiary alicyclic amines) is 1. The molecule has 1 aromatic carbocycles. The molecule has 1 amide bonds. The van der Waals surface area contributed by atoms with Crippen molar-refractivity contribution < 1.29 is 13.9 Å². The summed E-state index contributed by atoms with van der Waals surface area (Å²) in [6.07, 6.45) is 0.961. The van der Waals surface area contributed by atoms with Crippen molar-refractivity contribution in [3.05, 3.63) is 34.5 Å². The number of para-hydroxylation sites is 1. The van der Waals surface area contributed by atoms with Crippen LogP contribution < -0.4 is 5.69 Å². The number of halogens is 1. The summed E-state index contributed by atoms with van der Waals surface area (Å²) in [5.74, 6) is -0.433. The molecular formula is C15H18FN3O3. The molecule has 1 fully saturated rings. The minimum Gasteiger partial charge on any atom is -0.450 e. The molecule has 0 spiro atoms. The Bertz CT molecular complexity index is 744. The van der Waals surface area contributed by atoms with Gasteiger partial charge in [0.1, 0.15) is 11.3 Å². The monoisotopic (exact) mass is 307 g/mol. The Morgan fingerprint density at radius 2 is 2.14 bits per heavy atom. The molecule has 0 saturated carbocycles. The number of aromatic amines is 1. The molecule has 1 aromatic heterocycles. The van der Waals surface area contributed by atoms with Gasteiger partial charge in [0, 0.05) is 19.1 Å². The summed E-state index contributed by atoms with van der Waals surface area (Å²) in [4.78, 5) is 28.1. The quantitative estimate of drug-likeness (QED) is 0.925. The first kappa shape index (κ1) is 14.6. The van der Waals surface area contributed by atoms with Crippen LogP contribution in [0.25, 0.3) is 11.0 Å². The molecule has 22 heavy (non-hydrogen) atoms. The molecule has 2 aromatic rings. The second-order valence-electron chi connectivity index (χ2n) is 5.35. The Morgan fingerprint density at radius 1 is 1.41 bits per heavy atom. The smallest absolute Gasteiger partial charge is 0.409 e. The number of hydrogen-bond acceptors (Lipinski definition) is 3. The van der Waals surface area contributed by atoms with E-state index in [0.29, 0.717) is 38.1 Å². The summed E-state index contributed by atoms with van der Waals surface area (Å²) in [6, 6.07) is 4.60. The van der Waals surface area contributed by atoms with Crippen molar-refractivity contribution in [2.75, 3.05) is 19.7 Å². The van der Waals surface area contributed by atoms with Crippen molar-refractivity contribution in [2.45, 2.75) is 25.8 Å². The lowest BCUT2D eigenvalue weighted by Crippen LogP contribution is -2.40. The lowest BCUT2D eigenvalue weighted by molar-refractivity contribution is 0.0928. The van der Waals surface area contributed by atoms with Gasteiger partial charge in [-0.05, 0) is 31.9 Å². The van der Waals surface area contributed by atoms with Gasteiger partial charge in [-0.2, -0.15) is 0 Å². The van der Waals surface area contributed by atoms with E-state index < -0.39 is 5.82 Å². The molecule has 3 rings (SSSR count). The third-order valence-corrected chi connectivity index (χ3v) is 4.06. The van der Waals surface area contributed by atoms with Crippen LogP contribution in [0, 0.1) is 5.82 Å². The van der Waals surface area contributed by atoms with E-state index in [2.05, 4.69) is 4.98 Å².